The zero-order chi connectivity index (χ0) is 17.0. The fraction of sp³-hybridized carbons (Fsp3) is 0.214. The third-order valence-electron chi connectivity index (χ3n) is 3.09. The lowest BCUT2D eigenvalue weighted by atomic mass is 10.1. The summed E-state index contributed by atoms with van der Waals surface area (Å²) in [5, 5.41) is 8.40. The Labute approximate surface area is 128 Å². The summed E-state index contributed by atoms with van der Waals surface area (Å²) < 4.78 is 38.4. The summed E-state index contributed by atoms with van der Waals surface area (Å²) in [5.41, 5.74) is 1.41. The van der Waals surface area contributed by atoms with Gasteiger partial charge in [0.05, 0.1) is 18.2 Å². The van der Waals surface area contributed by atoms with Crippen LogP contribution in [0.25, 0.3) is 0 Å². The molecule has 0 aliphatic heterocycles. The van der Waals surface area contributed by atoms with E-state index in [1.807, 2.05) is 0 Å². The number of nitrogens with one attached hydrogen (secondary N) is 3. The van der Waals surface area contributed by atoms with Gasteiger partial charge in [-0.25, -0.2) is 5.43 Å². The smallest absolute Gasteiger partial charge is 0.302 e. The molecule has 3 N–H and O–H groups in total. The van der Waals surface area contributed by atoms with Gasteiger partial charge in [-0.2, -0.15) is 18.3 Å². The number of carbonyl (C=O) groups excluding carboxylic acids is 1. The lowest BCUT2D eigenvalue weighted by molar-refractivity contribution is -0.137. The number of amides is 1. The third kappa shape index (κ3) is 4.09. The molecule has 0 unspecified atom stereocenters. The number of alkyl halides is 3. The highest BCUT2D eigenvalue weighted by Gasteiger charge is 2.32. The zero-order valence-electron chi connectivity index (χ0n) is 12.0. The molecule has 1 aromatic heterocycles. The standard InChI is InChI=1S/C14H13F3N4O2/c1-8-10(13(23)21-19-8)6-12(22)20-18-7-9-4-2-3-5-11(9)14(15,16)17/h2-5,7H,6H2,1H3,(H,20,22)(H2,19,21,23). The van der Waals surface area contributed by atoms with E-state index in [-0.39, 0.29) is 17.5 Å². The Morgan fingerprint density at radius 3 is 2.61 bits per heavy atom. The molecule has 1 aromatic carbocycles. The van der Waals surface area contributed by atoms with E-state index in [0.29, 0.717) is 5.69 Å². The minimum absolute atomic E-state index is 0.170. The van der Waals surface area contributed by atoms with Crippen LogP contribution in [-0.4, -0.2) is 22.3 Å². The molecule has 1 amide bonds. The lowest BCUT2D eigenvalue weighted by Gasteiger charge is -2.09. The van der Waals surface area contributed by atoms with Crippen molar-refractivity contribution < 1.29 is 18.0 Å². The van der Waals surface area contributed by atoms with Crippen molar-refractivity contribution >= 4 is 12.1 Å². The maximum absolute atomic E-state index is 12.8. The number of hydrogen-bond donors (Lipinski definition) is 3. The molecule has 2 rings (SSSR count). The van der Waals surface area contributed by atoms with E-state index in [1.54, 1.807) is 6.92 Å². The average molecular weight is 326 g/mol. The van der Waals surface area contributed by atoms with Crippen LogP contribution >= 0.6 is 0 Å². The quantitative estimate of drug-likeness (QED) is 0.590. The Hall–Kier alpha value is -2.84. The van der Waals surface area contributed by atoms with Crippen LogP contribution in [0.5, 0.6) is 0 Å². The number of carbonyl (C=O) groups is 1. The van der Waals surface area contributed by atoms with Crippen molar-refractivity contribution in [2.45, 2.75) is 19.5 Å². The number of aromatic nitrogens is 2. The molecule has 23 heavy (non-hydrogen) atoms. The van der Waals surface area contributed by atoms with Crippen LogP contribution in [0.4, 0.5) is 13.2 Å². The van der Waals surface area contributed by atoms with Crippen LogP contribution < -0.4 is 11.0 Å². The molecular formula is C14H13F3N4O2. The third-order valence-corrected chi connectivity index (χ3v) is 3.09. The van der Waals surface area contributed by atoms with E-state index < -0.39 is 23.2 Å². The number of H-pyrrole nitrogens is 2. The first-order chi connectivity index (χ1) is 10.8. The van der Waals surface area contributed by atoms with Crippen molar-refractivity contribution in [3.05, 3.63) is 57.0 Å². The SMILES string of the molecule is Cc1[nH][nH]c(=O)c1CC(=O)NN=Cc1ccccc1C(F)(F)F. The molecule has 0 aliphatic carbocycles. The Morgan fingerprint density at radius 1 is 1.30 bits per heavy atom. The van der Waals surface area contributed by atoms with Crippen molar-refractivity contribution in [1.29, 1.82) is 0 Å². The molecule has 0 bridgehead atoms. The van der Waals surface area contributed by atoms with E-state index >= 15 is 0 Å². The van der Waals surface area contributed by atoms with Crippen LogP contribution in [0.15, 0.2) is 34.2 Å². The second-order valence-corrected chi connectivity index (χ2v) is 4.74. The van der Waals surface area contributed by atoms with Crippen molar-refractivity contribution in [1.82, 2.24) is 15.6 Å². The molecule has 0 spiro atoms. The number of hydrogen-bond acceptors (Lipinski definition) is 3. The molecule has 0 aliphatic rings. The molecule has 9 heteroatoms. The number of rotatable bonds is 4. The summed E-state index contributed by atoms with van der Waals surface area (Å²) in [7, 11) is 0. The number of aromatic amines is 2. The monoisotopic (exact) mass is 326 g/mol. The second-order valence-electron chi connectivity index (χ2n) is 4.74. The molecule has 1 heterocycles. The van der Waals surface area contributed by atoms with Crippen LogP contribution in [0, 0.1) is 6.92 Å². The van der Waals surface area contributed by atoms with Gasteiger partial charge in [-0.05, 0) is 13.0 Å². The number of nitrogens with zero attached hydrogens (tertiary/aromatic N) is 1. The highest BCUT2D eigenvalue weighted by molar-refractivity contribution is 5.84. The molecule has 0 radical (unpaired) electrons. The van der Waals surface area contributed by atoms with Gasteiger partial charge in [0.25, 0.3) is 5.56 Å². The summed E-state index contributed by atoms with van der Waals surface area (Å²) in [5.74, 6) is -0.612. The Balaban J connectivity index is 2.05. The average Bonchev–Trinajstić information content (AvgIpc) is 2.78. The van der Waals surface area contributed by atoms with Crippen LogP contribution in [0.3, 0.4) is 0 Å². The van der Waals surface area contributed by atoms with E-state index in [0.717, 1.165) is 12.3 Å². The fourth-order valence-electron chi connectivity index (χ4n) is 1.93. The van der Waals surface area contributed by atoms with E-state index in [4.69, 9.17) is 0 Å². The maximum Gasteiger partial charge on any atom is 0.417 e. The Morgan fingerprint density at radius 2 is 2.00 bits per heavy atom. The predicted octanol–water partition coefficient (Wildman–Crippen LogP) is 1.72. The molecular weight excluding hydrogens is 313 g/mol. The van der Waals surface area contributed by atoms with Gasteiger partial charge in [-0.1, -0.05) is 18.2 Å². The minimum Gasteiger partial charge on any atom is -0.302 e. The van der Waals surface area contributed by atoms with E-state index in [9.17, 15) is 22.8 Å². The first-order valence-corrected chi connectivity index (χ1v) is 6.53. The minimum atomic E-state index is -4.51. The van der Waals surface area contributed by atoms with Crippen LogP contribution in [0.1, 0.15) is 22.4 Å². The molecule has 0 atom stereocenters. The number of aryl methyl sites for hydroxylation is 1. The topological polar surface area (TPSA) is 90.1 Å². The second kappa shape index (κ2) is 6.51. The predicted molar refractivity (Wildman–Crippen MR) is 77.0 cm³/mol. The van der Waals surface area contributed by atoms with Crippen LogP contribution in [0.2, 0.25) is 0 Å². The molecule has 6 nitrogen and oxygen atoms in total. The first-order valence-electron chi connectivity index (χ1n) is 6.53. The maximum atomic E-state index is 12.8. The van der Waals surface area contributed by atoms with Crippen molar-refractivity contribution in [3.8, 4) is 0 Å². The normalized spacial score (nSPS) is 11.8. The molecule has 122 valence electrons. The van der Waals surface area contributed by atoms with Gasteiger partial charge < -0.3 is 5.10 Å². The van der Waals surface area contributed by atoms with E-state index in [1.165, 1.54) is 18.2 Å². The summed E-state index contributed by atoms with van der Waals surface area (Å²) in [6.45, 7) is 1.61. The summed E-state index contributed by atoms with van der Waals surface area (Å²) in [4.78, 5) is 23.1. The van der Waals surface area contributed by atoms with Gasteiger partial charge in [0.15, 0.2) is 0 Å². The Bertz CT molecular complexity index is 790. The fourth-order valence-corrected chi connectivity index (χ4v) is 1.93. The van der Waals surface area contributed by atoms with Crippen molar-refractivity contribution in [3.63, 3.8) is 0 Å². The van der Waals surface area contributed by atoms with Gasteiger partial charge in [0.2, 0.25) is 5.91 Å². The summed E-state index contributed by atoms with van der Waals surface area (Å²) in [6.07, 6.45) is -3.83. The van der Waals surface area contributed by atoms with E-state index in [2.05, 4.69) is 20.7 Å². The van der Waals surface area contributed by atoms with Crippen molar-refractivity contribution in [2.75, 3.05) is 0 Å². The highest BCUT2D eigenvalue weighted by Crippen LogP contribution is 2.30. The van der Waals surface area contributed by atoms with Gasteiger partial charge in [-0.3, -0.25) is 14.7 Å². The summed E-state index contributed by atoms with van der Waals surface area (Å²) >= 11 is 0. The van der Waals surface area contributed by atoms with Gasteiger partial charge in [-0.15, -0.1) is 0 Å². The molecule has 0 fully saturated rings. The number of halogens is 3. The Kier molecular flexibility index (Phi) is 4.68. The first kappa shape index (κ1) is 16.5. The van der Waals surface area contributed by atoms with Gasteiger partial charge in [0, 0.05) is 16.8 Å². The molecule has 0 saturated carbocycles. The lowest BCUT2D eigenvalue weighted by Crippen LogP contribution is -2.23. The summed E-state index contributed by atoms with van der Waals surface area (Å²) in [6, 6.07) is 4.85. The number of hydrazone groups is 1. The molecule has 2 aromatic rings. The largest absolute Gasteiger partial charge is 0.417 e. The van der Waals surface area contributed by atoms with Crippen LogP contribution in [-0.2, 0) is 17.4 Å². The highest BCUT2D eigenvalue weighted by atomic mass is 19.4. The molecule has 0 saturated heterocycles. The number of benzene rings is 1. The zero-order valence-corrected chi connectivity index (χ0v) is 12.0. The van der Waals surface area contributed by atoms with Gasteiger partial charge >= 0.3 is 6.18 Å². The van der Waals surface area contributed by atoms with Gasteiger partial charge in [0.1, 0.15) is 0 Å². The van der Waals surface area contributed by atoms with Crippen molar-refractivity contribution in [2.24, 2.45) is 5.10 Å².